The minimum atomic E-state index is -1.37. The van der Waals surface area contributed by atoms with Gasteiger partial charge in [0.25, 0.3) is 0 Å². The largest absolute Gasteiger partial charge is 0.394 e. The van der Waals surface area contributed by atoms with Crippen molar-refractivity contribution in [1.29, 1.82) is 0 Å². The number of hydrogen-bond donors (Lipinski definition) is 4. The Bertz CT molecular complexity index is 490. The Balaban J connectivity index is 1.98. The maximum atomic E-state index is 9.89. The number of aliphatic hydroxyl groups is 4. The molecule has 4 N–H and O–H groups in total. The molecule has 0 bridgehead atoms. The molecule has 5 atom stereocenters. The van der Waals surface area contributed by atoms with Gasteiger partial charge in [0.2, 0.25) is 0 Å². The molecule has 1 aromatic carbocycles. The third-order valence-electron chi connectivity index (χ3n) is 3.30. The normalized spacial score (nSPS) is 33.8. The van der Waals surface area contributed by atoms with Gasteiger partial charge in [0, 0.05) is 6.21 Å². The van der Waals surface area contributed by atoms with E-state index < -0.39 is 37.3 Å². The number of allylic oxidation sites excluding steroid dienone is 1. The molecule has 1 aliphatic heterocycles. The van der Waals surface area contributed by atoms with Crippen LogP contribution in [0.1, 0.15) is 5.56 Å². The molecule has 1 aromatic rings. The van der Waals surface area contributed by atoms with Crippen LogP contribution in [0.5, 0.6) is 0 Å². The van der Waals surface area contributed by atoms with Gasteiger partial charge in [-0.05, 0) is 11.6 Å². The molecule has 1 saturated heterocycles. The third-order valence-corrected chi connectivity index (χ3v) is 3.30. The first-order chi connectivity index (χ1) is 10.1. The monoisotopic (exact) mass is 293 g/mol. The highest BCUT2D eigenvalue weighted by atomic mass is 16.6. The molecule has 0 spiro atoms. The van der Waals surface area contributed by atoms with Gasteiger partial charge >= 0.3 is 0 Å². The van der Waals surface area contributed by atoms with Crippen molar-refractivity contribution in [2.75, 3.05) is 6.61 Å². The predicted molar refractivity (Wildman–Crippen MR) is 77.7 cm³/mol. The van der Waals surface area contributed by atoms with Crippen molar-refractivity contribution in [1.82, 2.24) is 0 Å². The fraction of sp³-hybridized carbons (Fsp3) is 0.400. The molecule has 6 nitrogen and oxygen atoms in total. The van der Waals surface area contributed by atoms with Crippen LogP contribution in [0.2, 0.25) is 0 Å². The summed E-state index contributed by atoms with van der Waals surface area (Å²) in [5.41, 5.74) is 0.991. The van der Waals surface area contributed by atoms with Gasteiger partial charge in [-0.25, -0.2) is 0 Å². The van der Waals surface area contributed by atoms with Gasteiger partial charge in [-0.3, -0.25) is 4.99 Å². The Morgan fingerprint density at radius 2 is 1.81 bits per heavy atom. The first kappa shape index (κ1) is 15.8. The third kappa shape index (κ3) is 3.96. The molecule has 1 heterocycles. The minimum Gasteiger partial charge on any atom is -0.394 e. The van der Waals surface area contributed by atoms with Crippen LogP contribution in [0.3, 0.4) is 0 Å². The van der Waals surface area contributed by atoms with Gasteiger partial charge < -0.3 is 25.2 Å². The first-order valence-electron chi connectivity index (χ1n) is 6.69. The number of rotatable bonds is 4. The van der Waals surface area contributed by atoms with Gasteiger partial charge in [0.1, 0.15) is 24.4 Å². The van der Waals surface area contributed by atoms with Gasteiger partial charge in [-0.1, -0.05) is 36.4 Å². The molecule has 6 heteroatoms. The van der Waals surface area contributed by atoms with Crippen molar-refractivity contribution in [2.45, 2.75) is 30.6 Å². The zero-order valence-corrected chi connectivity index (χ0v) is 11.4. The van der Waals surface area contributed by atoms with Crippen molar-refractivity contribution in [3.63, 3.8) is 0 Å². The van der Waals surface area contributed by atoms with Crippen LogP contribution >= 0.6 is 0 Å². The standard InChI is InChI=1S/C15H19NO5/c17-9-11-13(18)14(19)12(15(20)21-11)16-8-4-7-10-5-2-1-3-6-10/h1-8,11-15,17-20H,9H2/b7-4+,16-8?. The molecule has 21 heavy (non-hydrogen) atoms. The summed E-state index contributed by atoms with van der Waals surface area (Å²) in [5.74, 6) is 0. The van der Waals surface area contributed by atoms with Gasteiger partial charge in [0.05, 0.1) is 6.61 Å². The lowest BCUT2D eigenvalue weighted by Crippen LogP contribution is -2.57. The SMILES string of the molecule is OCC1OC(O)C(N=C/C=C/c2ccccc2)C(O)C1O. The molecule has 0 amide bonds. The molecule has 0 aliphatic carbocycles. The maximum Gasteiger partial charge on any atom is 0.180 e. The maximum absolute atomic E-state index is 9.89. The van der Waals surface area contributed by atoms with Crippen molar-refractivity contribution in [3.8, 4) is 0 Å². The number of ether oxygens (including phenoxy) is 1. The molecule has 114 valence electrons. The second kappa shape index (κ2) is 7.44. The Labute approximate surface area is 122 Å². The lowest BCUT2D eigenvalue weighted by Gasteiger charge is -2.38. The van der Waals surface area contributed by atoms with Gasteiger partial charge in [-0.2, -0.15) is 0 Å². The molecular formula is C15H19NO5. The fourth-order valence-corrected chi connectivity index (χ4v) is 2.11. The summed E-state index contributed by atoms with van der Waals surface area (Å²) in [7, 11) is 0. The predicted octanol–water partition coefficient (Wildman–Crippen LogP) is -0.430. The number of nitrogens with zero attached hydrogens (tertiary/aromatic N) is 1. The van der Waals surface area contributed by atoms with Crippen molar-refractivity contribution in [3.05, 3.63) is 42.0 Å². The Hall–Kier alpha value is -1.57. The molecule has 0 radical (unpaired) electrons. The van der Waals surface area contributed by atoms with Crippen molar-refractivity contribution in [2.24, 2.45) is 4.99 Å². The van der Waals surface area contributed by atoms with Crippen LogP contribution in [0, 0.1) is 0 Å². The molecular weight excluding hydrogens is 274 g/mol. The van der Waals surface area contributed by atoms with E-state index >= 15 is 0 Å². The highest BCUT2D eigenvalue weighted by molar-refractivity contribution is 5.78. The van der Waals surface area contributed by atoms with Crippen LogP contribution in [-0.2, 0) is 4.74 Å². The highest BCUT2D eigenvalue weighted by Gasteiger charge is 2.43. The number of aliphatic hydroxyl groups excluding tert-OH is 4. The van der Waals surface area contributed by atoms with Gasteiger partial charge in [-0.15, -0.1) is 0 Å². The second-order valence-electron chi connectivity index (χ2n) is 4.79. The summed E-state index contributed by atoms with van der Waals surface area (Å²) < 4.78 is 5.00. The molecule has 0 aromatic heterocycles. The van der Waals surface area contributed by atoms with E-state index in [4.69, 9.17) is 9.84 Å². The van der Waals surface area contributed by atoms with Gasteiger partial charge in [0.15, 0.2) is 6.29 Å². The molecule has 1 fully saturated rings. The molecule has 0 saturated carbocycles. The second-order valence-corrected chi connectivity index (χ2v) is 4.79. The smallest absolute Gasteiger partial charge is 0.180 e. The van der Waals surface area contributed by atoms with Crippen molar-refractivity contribution >= 4 is 12.3 Å². The van der Waals surface area contributed by atoms with Crippen LogP contribution < -0.4 is 0 Å². The first-order valence-corrected chi connectivity index (χ1v) is 6.69. The highest BCUT2D eigenvalue weighted by Crippen LogP contribution is 2.21. The van der Waals surface area contributed by atoms with Crippen LogP contribution in [0.4, 0.5) is 0 Å². The minimum absolute atomic E-state index is 0.486. The summed E-state index contributed by atoms with van der Waals surface area (Å²) in [4.78, 5) is 4.00. The van der Waals surface area contributed by atoms with E-state index in [0.717, 1.165) is 5.56 Å². The summed E-state index contributed by atoms with van der Waals surface area (Å²) >= 11 is 0. The summed E-state index contributed by atoms with van der Waals surface area (Å²) in [6.45, 7) is -0.486. The average Bonchev–Trinajstić information content (AvgIpc) is 2.51. The number of benzene rings is 1. The lowest BCUT2D eigenvalue weighted by atomic mass is 9.97. The number of aliphatic imine (C=N–C) groups is 1. The fourth-order valence-electron chi connectivity index (χ4n) is 2.11. The van der Waals surface area contributed by atoms with E-state index in [2.05, 4.69) is 4.99 Å². The molecule has 5 unspecified atom stereocenters. The van der Waals surface area contributed by atoms with Crippen LogP contribution in [-0.4, -0.2) is 63.9 Å². The summed E-state index contributed by atoms with van der Waals surface area (Å²) in [6.07, 6.45) is -0.0633. The zero-order valence-electron chi connectivity index (χ0n) is 11.4. The van der Waals surface area contributed by atoms with Crippen molar-refractivity contribution < 1.29 is 25.2 Å². The Morgan fingerprint density at radius 3 is 2.48 bits per heavy atom. The zero-order chi connectivity index (χ0) is 15.2. The van der Waals surface area contributed by atoms with E-state index in [-0.39, 0.29) is 0 Å². The van der Waals surface area contributed by atoms with E-state index in [0.29, 0.717) is 0 Å². The van der Waals surface area contributed by atoms with E-state index in [1.54, 1.807) is 6.08 Å². The van der Waals surface area contributed by atoms with Crippen LogP contribution in [0.15, 0.2) is 41.4 Å². The average molecular weight is 293 g/mol. The molecule has 1 aliphatic rings. The Kier molecular flexibility index (Phi) is 5.60. The summed E-state index contributed by atoms with van der Waals surface area (Å²) in [6, 6.07) is 8.58. The topological polar surface area (TPSA) is 103 Å². The van der Waals surface area contributed by atoms with Crippen LogP contribution in [0.25, 0.3) is 6.08 Å². The van der Waals surface area contributed by atoms with E-state index in [1.165, 1.54) is 6.21 Å². The summed E-state index contributed by atoms with van der Waals surface area (Å²) in [5, 5.41) is 38.3. The number of hydrogen-bond acceptors (Lipinski definition) is 6. The quantitative estimate of drug-likeness (QED) is 0.564. The Morgan fingerprint density at radius 1 is 1.10 bits per heavy atom. The lowest BCUT2D eigenvalue weighted by molar-refractivity contribution is -0.248. The van der Waals surface area contributed by atoms with E-state index in [9.17, 15) is 15.3 Å². The van der Waals surface area contributed by atoms with E-state index in [1.807, 2.05) is 36.4 Å². The molecule has 2 rings (SSSR count).